The average molecular weight is 450 g/mol. The van der Waals surface area contributed by atoms with Crippen molar-refractivity contribution in [3.63, 3.8) is 0 Å². The van der Waals surface area contributed by atoms with Crippen LogP contribution in [0.2, 0.25) is 0 Å². The maximum atomic E-state index is 12.4. The van der Waals surface area contributed by atoms with Crippen LogP contribution in [0.5, 0.6) is 0 Å². The zero-order valence-electron chi connectivity index (χ0n) is 19.7. The molecule has 0 heterocycles. The van der Waals surface area contributed by atoms with E-state index in [9.17, 15) is 8.42 Å². The molecule has 0 saturated heterocycles. The SMILES string of the molecule is CC#CS(=O)(=O)N(CCCCCCCCCCC#N)CCCCCCCCCCC#N. The van der Waals surface area contributed by atoms with Gasteiger partial charge in [0.1, 0.15) is 0 Å². The molecule has 176 valence electrons. The van der Waals surface area contributed by atoms with E-state index in [1.54, 1.807) is 11.2 Å². The molecule has 31 heavy (non-hydrogen) atoms. The van der Waals surface area contributed by atoms with Crippen molar-refractivity contribution in [2.24, 2.45) is 0 Å². The molecule has 0 spiro atoms. The van der Waals surface area contributed by atoms with Crippen LogP contribution in [0, 0.1) is 33.8 Å². The maximum absolute atomic E-state index is 12.4. The monoisotopic (exact) mass is 449 g/mol. The molecular formula is C25H43N3O2S. The first kappa shape index (κ1) is 29.5. The lowest BCUT2D eigenvalue weighted by molar-refractivity contribution is 0.388. The second-order valence-electron chi connectivity index (χ2n) is 8.23. The van der Waals surface area contributed by atoms with E-state index < -0.39 is 10.0 Å². The van der Waals surface area contributed by atoms with Crippen molar-refractivity contribution < 1.29 is 8.42 Å². The summed E-state index contributed by atoms with van der Waals surface area (Å²) in [5.74, 6) is 2.55. The van der Waals surface area contributed by atoms with Crippen molar-refractivity contribution in [2.75, 3.05) is 13.1 Å². The molecule has 6 heteroatoms. The van der Waals surface area contributed by atoms with Crippen LogP contribution in [0.1, 0.15) is 122 Å². The summed E-state index contributed by atoms with van der Waals surface area (Å²) in [5.41, 5.74) is 0. The zero-order chi connectivity index (χ0) is 23.0. The van der Waals surface area contributed by atoms with Crippen molar-refractivity contribution in [1.29, 1.82) is 10.5 Å². The van der Waals surface area contributed by atoms with Gasteiger partial charge < -0.3 is 0 Å². The summed E-state index contributed by atoms with van der Waals surface area (Å²) in [6, 6.07) is 4.36. The smallest absolute Gasteiger partial charge is 0.198 e. The Hall–Kier alpha value is -1.55. The zero-order valence-corrected chi connectivity index (χ0v) is 20.5. The van der Waals surface area contributed by atoms with Crippen LogP contribution >= 0.6 is 0 Å². The molecule has 0 aromatic heterocycles. The highest BCUT2D eigenvalue weighted by molar-refractivity contribution is 7.93. The van der Waals surface area contributed by atoms with Crippen LogP contribution in [0.25, 0.3) is 0 Å². The third-order valence-electron chi connectivity index (χ3n) is 5.46. The van der Waals surface area contributed by atoms with Crippen molar-refractivity contribution >= 4 is 10.0 Å². The van der Waals surface area contributed by atoms with Gasteiger partial charge in [-0.25, -0.2) is 0 Å². The lowest BCUT2D eigenvalue weighted by atomic mass is 10.1. The highest BCUT2D eigenvalue weighted by Crippen LogP contribution is 2.13. The standard InChI is InChI=1S/C25H43N3O2S/c1-2-25-31(29,30)28(23-19-15-11-7-3-5-9-13-17-21-26)24-20-16-12-8-4-6-10-14-18-22-27/h3-20,23-24H2,1H3. The van der Waals surface area contributed by atoms with Gasteiger partial charge in [-0.15, -0.1) is 0 Å². The van der Waals surface area contributed by atoms with Gasteiger partial charge in [0, 0.05) is 31.2 Å². The van der Waals surface area contributed by atoms with Gasteiger partial charge in [-0.05, 0) is 32.6 Å². The summed E-state index contributed by atoms with van der Waals surface area (Å²) in [6.45, 7) is 2.71. The summed E-state index contributed by atoms with van der Waals surface area (Å²) < 4.78 is 26.4. The Morgan fingerprint density at radius 3 is 1.23 bits per heavy atom. The quantitative estimate of drug-likeness (QED) is 0.145. The van der Waals surface area contributed by atoms with Gasteiger partial charge in [-0.2, -0.15) is 23.2 Å². The first-order chi connectivity index (χ1) is 15.1. The fraction of sp³-hybridized carbons (Fsp3) is 0.840. The Balaban J connectivity index is 3.96. The second-order valence-corrected chi connectivity index (χ2v) is 9.90. The summed E-state index contributed by atoms with van der Waals surface area (Å²) >= 11 is 0. The molecule has 0 amide bonds. The van der Waals surface area contributed by atoms with Gasteiger partial charge in [-0.3, -0.25) is 0 Å². The molecule has 0 aliphatic carbocycles. The molecule has 0 atom stereocenters. The van der Waals surface area contributed by atoms with E-state index in [1.165, 1.54) is 38.5 Å². The first-order valence-corrected chi connectivity index (χ1v) is 13.7. The summed E-state index contributed by atoms with van der Waals surface area (Å²) in [6.07, 6.45) is 18.9. The van der Waals surface area contributed by atoms with Gasteiger partial charge in [0.25, 0.3) is 10.0 Å². The summed E-state index contributed by atoms with van der Waals surface area (Å²) in [5, 5.41) is 19.4. The molecular weight excluding hydrogens is 406 g/mol. The van der Waals surface area contributed by atoms with E-state index in [0.717, 1.165) is 64.2 Å². The van der Waals surface area contributed by atoms with E-state index in [0.29, 0.717) is 25.9 Å². The number of unbranched alkanes of at least 4 members (excludes halogenated alkanes) is 16. The first-order valence-electron chi connectivity index (χ1n) is 12.3. The van der Waals surface area contributed by atoms with E-state index in [-0.39, 0.29) is 0 Å². The van der Waals surface area contributed by atoms with E-state index in [4.69, 9.17) is 10.5 Å². The minimum Gasteiger partial charge on any atom is -0.198 e. The third kappa shape index (κ3) is 18.9. The Morgan fingerprint density at radius 1 is 0.581 bits per heavy atom. The molecule has 5 nitrogen and oxygen atoms in total. The van der Waals surface area contributed by atoms with E-state index in [1.807, 2.05) is 0 Å². The molecule has 0 aromatic rings. The Bertz CT molecular complexity index is 632. The minimum atomic E-state index is -3.47. The number of nitrogens with zero attached hydrogens (tertiary/aromatic N) is 3. The van der Waals surface area contributed by atoms with Crippen molar-refractivity contribution in [1.82, 2.24) is 4.31 Å². The number of nitriles is 2. The number of sulfonamides is 1. The topological polar surface area (TPSA) is 85.0 Å². The van der Waals surface area contributed by atoms with Gasteiger partial charge >= 0.3 is 0 Å². The number of hydrogen-bond donors (Lipinski definition) is 0. The molecule has 0 unspecified atom stereocenters. The van der Waals surface area contributed by atoms with Crippen LogP contribution in [0.4, 0.5) is 0 Å². The minimum absolute atomic E-state index is 0.568. The lowest BCUT2D eigenvalue weighted by Crippen LogP contribution is -2.31. The van der Waals surface area contributed by atoms with E-state index >= 15 is 0 Å². The van der Waals surface area contributed by atoms with Crippen LogP contribution in [0.3, 0.4) is 0 Å². The van der Waals surface area contributed by atoms with Crippen molar-refractivity contribution in [2.45, 2.75) is 122 Å². The largest absolute Gasteiger partial charge is 0.282 e. The van der Waals surface area contributed by atoms with Crippen LogP contribution in [-0.4, -0.2) is 25.8 Å². The Labute approximate surface area is 192 Å². The molecule has 0 bridgehead atoms. The summed E-state index contributed by atoms with van der Waals surface area (Å²) in [4.78, 5) is 0. The van der Waals surface area contributed by atoms with Crippen LogP contribution in [-0.2, 0) is 10.0 Å². The molecule has 0 fully saturated rings. The number of rotatable bonds is 21. The molecule has 0 aliphatic heterocycles. The fourth-order valence-electron chi connectivity index (χ4n) is 3.65. The normalized spacial score (nSPS) is 11.0. The van der Waals surface area contributed by atoms with Crippen molar-refractivity contribution in [3.8, 4) is 23.3 Å². The van der Waals surface area contributed by atoms with Gasteiger partial charge in [0.15, 0.2) is 0 Å². The predicted molar refractivity (Wildman–Crippen MR) is 128 cm³/mol. The van der Waals surface area contributed by atoms with Crippen LogP contribution < -0.4 is 0 Å². The predicted octanol–water partition coefficient (Wildman–Crippen LogP) is 6.67. The highest BCUT2D eigenvalue weighted by Gasteiger charge is 2.18. The lowest BCUT2D eigenvalue weighted by Gasteiger charge is -2.19. The van der Waals surface area contributed by atoms with Crippen molar-refractivity contribution in [3.05, 3.63) is 0 Å². The molecule has 0 radical (unpaired) electrons. The third-order valence-corrected chi connectivity index (χ3v) is 6.97. The Kier molecular flexibility index (Phi) is 20.6. The van der Waals surface area contributed by atoms with E-state index in [2.05, 4.69) is 23.3 Å². The molecule has 0 saturated carbocycles. The molecule has 0 aromatic carbocycles. The maximum Gasteiger partial charge on any atom is 0.282 e. The molecule has 0 aliphatic rings. The Morgan fingerprint density at radius 2 is 0.903 bits per heavy atom. The number of hydrogen-bond acceptors (Lipinski definition) is 4. The molecule has 0 rings (SSSR count). The average Bonchev–Trinajstić information content (AvgIpc) is 2.74. The molecule has 0 N–H and O–H groups in total. The van der Waals surface area contributed by atoms with Crippen LogP contribution in [0.15, 0.2) is 0 Å². The van der Waals surface area contributed by atoms with Gasteiger partial charge in [-0.1, -0.05) is 83.0 Å². The van der Waals surface area contributed by atoms with Gasteiger partial charge in [0.05, 0.1) is 12.1 Å². The second kappa shape index (κ2) is 21.7. The highest BCUT2D eigenvalue weighted by atomic mass is 32.2. The fourth-order valence-corrected chi connectivity index (χ4v) is 4.78. The van der Waals surface area contributed by atoms with Gasteiger partial charge in [0.2, 0.25) is 0 Å². The summed E-state index contributed by atoms with van der Waals surface area (Å²) in [7, 11) is -3.47.